The first-order chi connectivity index (χ1) is 12.6. The van der Waals surface area contributed by atoms with Gasteiger partial charge < -0.3 is 14.8 Å². The van der Waals surface area contributed by atoms with Crippen LogP contribution >= 0.6 is 0 Å². The van der Waals surface area contributed by atoms with Crippen LogP contribution in [0, 0.1) is 0 Å². The number of carbonyl (C=O) groups excluding carboxylic acids is 2. The molecule has 0 aliphatic carbocycles. The van der Waals surface area contributed by atoms with Crippen LogP contribution in [-0.2, 0) is 11.3 Å². The molecule has 1 atom stereocenters. The predicted molar refractivity (Wildman–Crippen MR) is 101 cm³/mol. The Balaban J connectivity index is 1.73. The van der Waals surface area contributed by atoms with Gasteiger partial charge in [-0.15, -0.1) is 0 Å². The van der Waals surface area contributed by atoms with Crippen LogP contribution in [0.25, 0.3) is 10.9 Å². The average Bonchev–Trinajstić information content (AvgIpc) is 3.03. The van der Waals surface area contributed by atoms with Gasteiger partial charge in [0.1, 0.15) is 6.04 Å². The fourth-order valence-corrected chi connectivity index (χ4v) is 3.54. The molecule has 0 bridgehead atoms. The summed E-state index contributed by atoms with van der Waals surface area (Å²) in [6, 6.07) is 17.7. The maximum Gasteiger partial charge on any atom is 0.256 e. The molecule has 5 nitrogen and oxygen atoms in total. The maximum atomic E-state index is 13.2. The van der Waals surface area contributed by atoms with Crippen LogP contribution < -0.4 is 5.32 Å². The number of fused-ring (bicyclic) bond motifs is 1. The molecule has 4 rings (SSSR count). The summed E-state index contributed by atoms with van der Waals surface area (Å²) in [5, 5.41) is 3.73. The van der Waals surface area contributed by atoms with E-state index in [1.54, 1.807) is 11.8 Å². The van der Waals surface area contributed by atoms with Crippen molar-refractivity contribution in [1.29, 1.82) is 0 Å². The van der Waals surface area contributed by atoms with E-state index in [0.29, 0.717) is 25.2 Å². The third-order valence-electron chi connectivity index (χ3n) is 4.97. The molecule has 1 aliphatic rings. The van der Waals surface area contributed by atoms with Crippen LogP contribution in [0.15, 0.2) is 60.8 Å². The van der Waals surface area contributed by atoms with Crippen LogP contribution in [0.5, 0.6) is 0 Å². The van der Waals surface area contributed by atoms with Crippen molar-refractivity contribution in [2.45, 2.75) is 19.5 Å². The summed E-state index contributed by atoms with van der Waals surface area (Å²) >= 11 is 0. The van der Waals surface area contributed by atoms with Crippen LogP contribution in [0.1, 0.15) is 22.8 Å². The Labute approximate surface area is 152 Å². The van der Waals surface area contributed by atoms with Gasteiger partial charge >= 0.3 is 0 Å². The largest absolute Gasteiger partial charge is 0.353 e. The van der Waals surface area contributed by atoms with Gasteiger partial charge in [-0.25, -0.2) is 0 Å². The molecule has 132 valence electrons. The summed E-state index contributed by atoms with van der Waals surface area (Å²) in [6.07, 6.45) is 1.92. The first-order valence-corrected chi connectivity index (χ1v) is 8.85. The third-order valence-corrected chi connectivity index (χ3v) is 4.97. The van der Waals surface area contributed by atoms with Crippen molar-refractivity contribution < 1.29 is 9.59 Å². The SMILES string of the molecule is C[C@@H]1C(=O)NCCN1C(=O)c1cn(Cc2ccccc2)c2ccccc12. The van der Waals surface area contributed by atoms with Crippen molar-refractivity contribution in [1.82, 2.24) is 14.8 Å². The number of rotatable bonds is 3. The number of piperazine rings is 1. The number of amides is 2. The highest BCUT2D eigenvalue weighted by Gasteiger charge is 2.31. The third kappa shape index (κ3) is 2.86. The summed E-state index contributed by atoms with van der Waals surface area (Å²) in [4.78, 5) is 26.8. The Morgan fingerprint density at radius 2 is 1.85 bits per heavy atom. The van der Waals surface area contributed by atoms with Gasteiger partial charge in [-0.3, -0.25) is 9.59 Å². The van der Waals surface area contributed by atoms with E-state index in [4.69, 9.17) is 0 Å². The molecule has 26 heavy (non-hydrogen) atoms. The highest BCUT2D eigenvalue weighted by atomic mass is 16.2. The minimum absolute atomic E-state index is 0.0876. The van der Waals surface area contributed by atoms with Crippen molar-refractivity contribution in [3.05, 3.63) is 71.9 Å². The minimum Gasteiger partial charge on any atom is -0.353 e. The van der Waals surface area contributed by atoms with Gasteiger partial charge in [0, 0.05) is 36.7 Å². The molecule has 2 heterocycles. The second kappa shape index (κ2) is 6.67. The first kappa shape index (κ1) is 16.4. The highest BCUT2D eigenvalue weighted by molar-refractivity contribution is 6.08. The second-order valence-electron chi connectivity index (χ2n) is 6.64. The number of para-hydroxylation sites is 1. The zero-order valence-corrected chi connectivity index (χ0v) is 14.7. The van der Waals surface area contributed by atoms with E-state index in [-0.39, 0.29) is 11.8 Å². The van der Waals surface area contributed by atoms with Gasteiger partial charge in [0.25, 0.3) is 5.91 Å². The number of nitrogens with one attached hydrogen (secondary N) is 1. The van der Waals surface area contributed by atoms with Gasteiger partial charge in [-0.1, -0.05) is 48.5 Å². The van der Waals surface area contributed by atoms with E-state index >= 15 is 0 Å². The number of aromatic nitrogens is 1. The maximum absolute atomic E-state index is 13.2. The zero-order chi connectivity index (χ0) is 18.1. The van der Waals surface area contributed by atoms with Crippen LogP contribution in [-0.4, -0.2) is 40.4 Å². The molecule has 1 N–H and O–H groups in total. The lowest BCUT2D eigenvalue weighted by Crippen LogP contribution is -2.55. The van der Waals surface area contributed by atoms with E-state index in [1.165, 1.54) is 5.56 Å². The van der Waals surface area contributed by atoms with Gasteiger partial charge in [-0.05, 0) is 18.6 Å². The zero-order valence-electron chi connectivity index (χ0n) is 14.7. The fraction of sp³-hybridized carbons (Fsp3) is 0.238. The number of nitrogens with zero attached hydrogens (tertiary/aromatic N) is 2. The van der Waals surface area contributed by atoms with Crippen molar-refractivity contribution in [2.75, 3.05) is 13.1 Å². The van der Waals surface area contributed by atoms with E-state index in [1.807, 2.05) is 48.7 Å². The monoisotopic (exact) mass is 347 g/mol. The average molecular weight is 347 g/mol. The second-order valence-corrected chi connectivity index (χ2v) is 6.64. The molecule has 1 aliphatic heterocycles. The quantitative estimate of drug-likeness (QED) is 0.792. The summed E-state index contributed by atoms with van der Waals surface area (Å²) in [5.74, 6) is -0.187. The number of hydrogen-bond donors (Lipinski definition) is 1. The van der Waals surface area contributed by atoms with Gasteiger partial charge in [0.2, 0.25) is 5.91 Å². The molecular weight excluding hydrogens is 326 g/mol. The molecular formula is C21H21N3O2. The molecule has 1 fully saturated rings. The smallest absolute Gasteiger partial charge is 0.256 e. The number of carbonyl (C=O) groups is 2. The summed E-state index contributed by atoms with van der Waals surface area (Å²) in [6.45, 7) is 3.50. The van der Waals surface area contributed by atoms with Crippen molar-refractivity contribution in [2.24, 2.45) is 0 Å². The molecule has 5 heteroatoms. The molecule has 0 spiro atoms. The number of hydrogen-bond acceptors (Lipinski definition) is 2. The van der Waals surface area contributed by atoms with Crippen molar-refractivity contribution in [3.8, 4) is 0 Å². The minimum atomic E-state index is -0.451. The molecule has 1 aromatic heterocycles. The standard InChI is InChI=1S/C21H21N3O2/c1-15-20(25)22-11-12-24(15)21(26)18-14-23(13-16-7-3-2-4-8-16)19-10-6-5-9-17(18)19/h2-10,14-15H,11-13H2,1H3,(H,22,25)/t15-/m1/s1. The Morgan fingerprint density at radius 1 is 1.12 bits per heavy atom. The molecule has 0 radical (unpaired) electrons. The topological polar surface area (TPSA) is 54.3 Å². The molecule has 1 saturated heterocycles. The Hall–Kier alpha value is -3.08. The fourth-order valence-electron chi connectivity index (χ4n) is 3.54. The lowest BCUT2D eigenvalue weighted by atomic mass is 10.1. The van der Waals surface area contributed by atoms with E-state index in [9.17, 15) is 9.59 Å². The van der Waals surface area contributed by atoms with E-state index in [0.717, 1.165) is 10.9 Å². The predicted octanol–water partition coefficient (Wildman–Crippen LogP) is 2.65. The highest BCUT2D eigenvalue weighted by Crippen LogP contribution is 2.25. The summed E-state index contributed by atoms with van der Waals surface area (Å²) < 4.78 is 2.10. The normalized spacial score (nSPS) is 17.3. The molecule has 0 saturated carbocycles. The van der Waals surface area contributed by atoms with Crippen molar-refractivity contribution >= 4 is 22.7 Å². The van der Waals surface area contributed by atoms with E-state index in [2.05, 4.69) is 22.0 Å². The lowest BCUT2D eigenvalue weighted by Gasteiger charge is -2.32. The van der Waals surface area contributed by atoms with Gasteiger partial charge in [0.15, 0.2) is 0 Å². The molecule has 2 amide bonds. The molecule has 2 aromatic carbocycles. The summed E-state index contributed by atoms with van der Waals surface area (Å²) in [5.41, 5.74) is 2.85. The van der Waals surface area contributed by atoms with Crippen LogP contribution in [0.2, 0.25) is 0 Å². The number of benzene rings is 2. The summed E-state index contributed by atoms with van der Waals surface area (Å²) in [7, 11) is 0. The van der Waals surface area contributed by atoms with Gasteiger partial charge in [-0.2, -0.15) is 0 Å². The lowest BCUT2D eigenvalue weighted by molar-refractivity contribution is -0.127. The van der Waals surface area contributed by atoms with Crippen LogP contribution in [0.4, 0.5) is 0 Å². The molecule has 3 aromatic rings. The molecule has 0 unspecified atom stereocenters. The van der Waals surface area contributed by atoms with E-state index < -0.39 is 6.04 Å². The first-order valence-electron chi connectivity index (χ1n) is 8.85. The Morgan fingerprint density at radius 3 is 2.65 bits per heavy atom. The van der Waals surface area contributed by atoms with Gasteiger partial charge in [0.05, 0.1) is 5.56 Å². The van der Waals surface area contributed by atoms with Crippen molar-refractivity contribution in [3.63, 3.8) is 0 Å². The van der Waals surface area contributed by atoms with Crippen LogP contribution in [0.3, 0.4) is 0 Å². The Kier molecular flexibility index (Phi) is 4.21. The Bertz CT molecular complexity index is 962.